The summed E-state index contributed by atoms with van der Waals surface area (Å²) in [5.41, 5.74) is 1.85. The zero-order chi connectivity index (χ0) is 38.4. The van der Waals surface area contributed by atoms with Crippen LogP contribution in [0.3, 0.4) is 0 Å². The van der Waals surface area contributed by atoms with E-state index in [2.05, 4.69) is 0 Å². The molecule has 4 aromatic rings. The molecule has 2 N–H and O–H groups in total. The summed E-state index contributed by atoms with van der Waals surface area (Å²) in [6, 6.07) is 19.9. The zero-order valence-corrected chi connectivity index (χ0v) is 31.1. The molecule has 12 heteroatoms. The van der Waals surface area contributed by atoms with Gasteiger partial charge in [-0.1, -0.05) is 26.0 Å². The molecule has 0 saturated heterocycles. The van der Waals surface area contributed by atoms with Gasteiger partial charge in [-0.25, -0.2) is 0 Å². The van der Waals surface area contributed by atoms with Crippen LogP contribution in [-0.2, 0) is 0 Å². The second-order valence-electron chi connectivity index (χ2n) is 12.8. The highest BCUT2D eigenvalue weighted by Gasteiger charge is 2.30. The summed E-state index contributed by atoms with van der Waals surface area (Å²) in [5.74, 6) is 1.55. The Morgan fingerprint density at radius 2 is 0.943 bits per heavy atom. The van der Waals surface area contributed by atoms with Gasteiger partial charge < -0.3 is 48.1 Å². The van der Waals surface area contributed by atoms with Gasteiger partial charge in [0, 0.05) is 23.0 Å². The first-order valence-electron chi connectivity index (χ1n) is 17.2. The summed E-state index contributed by atoms with van der Waals surface area (Å²) in [4.78, 5) is 27.3. The van der Waals surface area contributed by atoms with Crippen LogP contribution in [0.2, 0.25) is 0 Å². The fourth-order valence-electron chi connectivity index (χ4n) is 6.02. The lowest BCUT2D eigenvalue weighted by Crippen LogP contribution is -2.26. The smallest absolute Gasteiger partial charge is 0.231 e. The van der Waals surface area contributed by atoms with E-state index < -0.39 is 36.3 Å². The summed E-state index contributed by atoms with van der Waals surface area (Å²) < 4.78 is 44.6. The third-order valence-corrected chi connectivity index (χ3v) is 9.48. The van der Waals surface area contributed by atoms with Crippen molar-refractivity contribution in [2.45, 2.75) is 52.1 Å². The minimum Gasteiger partial charge on any atom is -0.493 e. The van der Waals surface area contributed by atoms with Gasteiger partial charge in [0.15, 0.2) is 57.6 Å². The van der Waals surface area contributed by atoms with Crippen molar-refractivity contribution in [3.05, 3.63) is 95.1 Å². The fraction of sp³-hybridized carbons (Fsp3) is 0.366. The van der Waals surface area contributed by atoms with Crippen LogP contribution in [0, 0.1) is 11.8 Å². The molecule has 0 aliphatic carbocycles. The maximum Gasteiger partial charge on any atom is 0.231 e. The third kappa shape index (κ3) is 8.45. The van der Waals surface area contributed by atoms with Gasteiger partial charge in [-0.2, -0.15) is 0 Å². The van der Waals surface area contributed by atoms with Gasteiger partial charge in [0.05, 0.1) is 28.4 Å². The lowest BCUT2D eigenvalue weighted by atomic mass is 9.83. The van der Waals surface area contributed by atoms with E-state index in [0.717, 1.165) is 0 Å². The van der Waals surface area contributed by atoms with Crippen molar-refractivity contribution in [2.75, 3.05) is 35.2 Å². The molecule has 0 fully saturated rings. The first kappa shape index (κ1) is 38.8. The molecule has 0 amide bonds. The molecule has 53 heavy (non-hydrogen) atoms. The normalized spacial score (nSPS) is 15.3. The van der Waals surface area contributed by atoms with Crippen molar-refractivity contribution >= 4 is 11.6 Å². The molecular formula is C41H46O12. The number of methoxy groups -OCH3 is 4. The summed E-state index contributed by atoms with van der Waals surface area (Å²) in [6.45, 7) is 6.98. The molecule has 6 unspecified atom stereocenters. The molecule has 0 saturated carbocycles. The number of carbonyl (C=O) groups is 2. The zero-order valence-electron chi connectivity index (χ0n) is 31.1. The maximum absolute atomic E-state index is 13.7. The number of Topliss-reactive ketones (excluding diaryl/α,β-unsaturated/α-hetero) is 2. The molecule has 4 aromatic carbocycles. The molecule has 0 bridgehead atoms. The van der Waals surface area contributed by atoms with Crippen molar-refractivity contribution in [1.29, 1.82) is 0 Å². The Hall–Kier alpha value is -5.46. The standard InChI is InChI=1S/C41H46O12/c1-22(38(42)26-11-15-32(35(17-26)48-7)52-24(3)40(44)28-9-13-30(46-5)34(19-28)47-6)23(2)39(43)27-12-16-33(36(18-27)49-8)53-25(4)41(45)29-10-14-31-37(20-29)51-21-50-31/h9-20,22-25,40-41,44-45H,21H2,1-8H3. The van der Waals surface area contributed by atoms with Crippen molar-refractivity contribution in [2.24, 2.45) is 11.8 Å². The Bertz CT molecular complexity index is 1920. The largest absolute Gasteiger partial charge is 0.493 e. The Balaban J connectivity index is 1.24. The molecule has 282 valence electrons. The Labute approximate surface area is 309 Å². The lowest BCUT2D eigenvalue weighted by Gasteiger charge is -2.24. The molecular weight excluding hydrogens is 684 g/mol. The highest BCUT2D eigenvalue weighted by molar-refractivity contribution is 6.05. The van der Waals surface area contributed by atoms with E-state index in [4.69, 9.17) is 37.9 Å². The lowest BCUT2D eigenvalue weighted by molar-refractivity contribution is 0.0449. The molecule has 1 aliphatic heterocycles. The van der Waals surface area contributed by atoms with E-state index >= 15 is 0 Å². The Kier molecular flexibility index (Phi) is 12.4. The minimum absolute atomic E-state index is 0.127. The number of carbonyl (C=O) groups excluding carboxylic acids is 2. The van der Waals surface area contributed by atoms with E-state index in [1.807, 2.05) is 0 Å². The number of ketones is 2. The first-order chi connectivity index (χ1) is 25.4. The molecule has 0 aromatic heterocycles. The van der Waals surface area contributed by atoms with Crippen LogP contribution in [0.5, 0.6) is 46.0 Å². The van der Waals surface area contributed by atoms with Crippen LogP contribution in [0.15, 0.2) is 72.8 Å². The summed E-state index contributed by atoms with van der Waals surface area (Å²) in [5, 5.41) is 22.0. The van der Waals surface area contributed by atoms with Crippen LogP contribution in [0.25, 0.3) is 0 Å². The summed E-state index contributed by atoms with van der Waals surface area (Å²) >= 11 is 0. The number of hydrogen-bond donors (Lipinski definition) is 2. The van der Waals surface area contributed by atoms with Crippen molar-refractivity contribution in [1.82, 2.24) is 0 Å². The Morgan fingerprint density at radius 3 is 1.43 bits per heavy atom. The maximum atomic E-state index is 13.7. The third-order valence-electron chi connectivity index (χ3n) is 9.48. The van der Waals surface area contributed by atoms with E-state index in [0.29, 0.717) is 68.2 Å². The fourth-order valence-corrected chi connectivity index (χ4v) is 6.02. The van der Waals surface area contributed by atoms with Crippen LogP contribution < -0.4 is 37.9 Å². The predicted molar refractivity (Wildman–Crippen MR) is 195 cm³/mol. The van der Waals surface area contributed by atoms with Gasteiger partial charge in [-0.15, -0.1) is 0 Å². The van der Waals surface area contributed by atoms with Crippen LogP contribution in [0.1, 0.15) is 71.7 Å². The molecule has 0 radical (unpaired) electrons. The number of ether oxygens (including phenoxy) is 8. The number of rotatable bonds is 17. The van der Waals surface area contributed by atoms with Crippen LogP contribution in [0.4, 0.5) is 0 Å². The minimum atomic E-state index is -1.01. The van der Waals surface area contributed by atoms with Crippen LogP contribution in [-0.4, -0.2) is 69.2 Å². The van der Waals surface area contributed by atoms with E-state index in [1.54, 1.807) is 100 Å². The number of hydrogen-bond acceptors (Lipinski definition) is 12. The monoisotopic (exact) mass is 730 g/mol. The predicted octanol–water partition coefficient (Wildman–Crippen LogP) is 6.79. The molecule has 1 aliphatic rings. The van der Waals surface area contributed by atoms with Crippen molar-refractivity contribution < 1.29 is 57.7 Å². The van der Waals surface area contributed by atoms with Crippen molar-refractivity contribution in [3.63, 3.8) is 0 Å². The summed E-state index contributed by atoms with van der Waals surface area (Å²) in [6.07, 6.45) is -3.37. The summed E-state index contributed by atoms with van der Waals surface area (Å²) in [7, 11) is 5.97. The number of benzene rings is 4. The highest BCUT2D eigenvalue weighted by Crippen LogP contribution is 2.38. The van der Waals surface area contributed by atoms with Crippen LogP contribution >= 0.6 is 0 Å². The molecule has 6 atom stereocenters. The van der Waals surface area contributed by atoms with E-state index in [9.17, 15) is 19.8 Å². The average Bonchev–Trinajstić information content (AvgIpc) is 3.67. The van der Waals surface area contributed by atoms with E-state index in [-0.39, 0.29) is 18.4 Å². The average molecular weight is 731 g/mol. The van der Waals surface area contributed by atoms with Gasteiger partial charge >= 0.3 is 0 Å². The first-order valence-corrected chi connectivity index (χ1v) is 17.2. The number of aliphatic hydroxyl groups excluding tert-OH is 2. The SMILES string of the molecule is COc1ccc(C(O)C(C)Oc2ccc(C(=O)C(C)C(C)C(=O)c3ccc(OC(C)C(O)c4ccc5c(c4)OCO5)c(OC)c3)cc2OC)cc1OC. The molecule has 12 nitrogen and oxygen atoms in total. The van der Waals surface area contributed by atoms with E-state index in [1.165, 1.54) is 28.4 Å². The number of aliphatic hydroxyl groups is 2. The van der Waals surface area contributed by atoms with Crippen molar-refractivity contribution in [3.8, 4) is 46.0 Å². The molecule has 5 rings (SSSR count). The second kappa shape index (κ2) is 16.9. The van der Waals surface area contributed by atoms with Gasteiger partial charge in [-0.05, 0) is 85.6 Å². The van der Waals surface area contributed by atoms with Gasteiger partial charge in [-0.3, -0.25) is 9.59 Å². The highest BCUT2D eigenvalue weighted by atomic mass is 16.7. The number of fused-ring (bicyclic) bond motifs is 1. The Morgan fingerprint density at radius 1 is 0.528 bits per heavy atom. The molecule has 0 spiro atoms. The van der Waals surface area contributed by atoms with Gasteiger partial charge in [0.1, 0.15) is 24.4 Å². The topological polar surface area (TPSA) is 148 Å². The quantitative estimate of drug-likeness (QED) is 0.110. The second-order valence-corrected chi connectivity index (χ2v) is 12.8. The van der Waals surface area contributed by atoms with Gasteiger partial charge in [0.2, 0.25) is 6.79 Å². The van der Waals surface area contributed by atoms with Gasteiger partial charge in [0.25, 0.3) is 0 Å². The molecule has 1 heterocycles.